The maximum absolute atomic E-state index is 13.1. The van der Waals surface area contributed by atoms with E-state index < -0.39 is 17.9 Å². The number of benzene rings is 3. The minimum atomic E-state index is -0.950. The van der Waals surface area contributed by atoms with Crippen molar-refractivity contribution in [3.05, 3.63) is 99.0 Å². The Kier molecular flexibility index (Phi) is 7.43. The quantitative estimate of drug-likeness (QED) is 0.458. The molecule has 0 bridgehead atoms. The first-order chi connectivity index (χ1) is 16.8. The summed E-state index contributed by atoms with van der Waals surface area (Å²) in [5.74, 6) is -0.997. The lowest BCUT2D eigenvalue weighted by Gasteiger charge is -2.32. The summed E-state index contributed by atoms with van der Waals surface area (Å²) in [6.07, 6.45) is 0.188. The third kappa shape index (κ3) is 5.19. The molecule has 0 radical (unpaired) electrons. The highest BCUT2D eigenvalue weighted by molar-refractivity contribution is 6.39. The molecule has 1 heterocycles. The Morgan fingerprint density at radius 1 is 1.03 bits per heavy atom. The highest BCUT2D eigenvalue weighted by Gasteiger charge is 2.30. The molecular formula is C27H24Cl2N2O4. The topological polar surface area (TPSA) is 75.7 Å². The highest BCUT2D eigenvalue weighted by Crippen LogP contribution is 2.31. The number of esters is 1. The maximum atomic E-state index is 13.1. The van der Waals surface area contributed by atoms with Crippen LogP contribution in [-0.4, -0.2) is 37.5 Å². The summed E-state index contributed by atoms with van der Waals surface area (Å²) in [6, 6.07) is 18.8. The Morgan fingerprint density at radius 3 is 2.34 bits per heavy atom. The lowest BCUT2D eigenvalue weighted by atomic mass is 9.90. The number of methoxy groups -OCH3 is 1. The van der Waals surface area contributed by atoms with Gasteiger partial charge in [-0.1, -0.05) is 66.5 Å². The van der Waals surface area contributed by atoms with E-state index in [0.717, 1.165) is 16.8 Å². The van der Waals surface area contributed by atoms with Gasteiger partial charge in [0.2, 0.25) is 0 Å². The van der Waals surface area contributed by atoms with Crippen molar-refractivity contribution in [2.24, 2.45) is 0 Å². The number of rotatable bonds is 6. The number of carbonyl (C=O) groups is 3. The molecule has 1 N–H and O–H groups in total. The molecule has 3 aromatic rings. The van der Waals surface area contributed by atoms with Crippen LogP contribution in [-0.2, 0) is 16.0 Å². The van der Waals surface area contributed by atoms with Gasteiger partial charge >= 0.3 is 5.97 Å². The lowest BCUT2D eigenvalue weighted by Crippen LogP contribution is -2.43. The molecule has 180 valence electrons. The molecule has 0 fully saturated rings. The summed E-state index contributed by atoms with van der Waals surface area (Å²) in [6.45, 7) is 2.68. The van der Waals surface area contributed by atoms with Gasteiger partial charge in [0.05, 0.1) is 22.7 Å². The van der Waals surface area contributed by atoms with Crippen LogP contribution in [0, 0.1) is 0 Å². The van der Waals surface area contributed by atoms with E-state index >= 15 is 0 Å². The average Bonchev–Trinajstić information content (AvgIpc) is 2.86. The smallest absolute Gasteiger partial charge is 0.328 e. The number of halogens is 2. The first-order valence-corrected chi connectivity index (χ1v) is 11.9. The second kappa shape index (κ2) is 10.5. The van der Waals surface area contributed by atoms with Gasteiger partial charge in [0.1, 0.15) is 6.04 Å². The van der Waals surface area contributed by atoms with Crippen LogP contribution in [0.3, 0.4) is 0 Å². The van der Waals surface area contributed by atoms with Gasteiger partial charge in [0.15, 0.2) is 0 Å². The van der Waals surface area contributed by atoms with Crippen molar-refractivity contribution in [2.45, 2.75) is 25.3 Å². The van der Waals surface area contributed by atoms with E-state index in [0.29, 0.717) is 12.1 Å². The number of hydrogen-bond acceptors (Lipinski definition) is 4. The Morgan fingerprint density at radius 2 is 1.69 bits per heavy atom. The fraction of sp³-hybridized carbons (Fsp3) is 0.222. The van der Waals surface area contributed by atoms with Crippen LogP contribution < -0.4 is 10.2 Å². The average molecular weight is 511 g/mol. The molecule has 2 atom stereocenters. The number of hydrogen-bond donors (Lipinski definition) is 1. The number of carbonyl (C=O) groups excluding carboxylic acids is 3. The first kappa shape index (κ1) is 24.8. The predicted octanol–water partition coefficient (Wildman–Crippen LogP) is 5.27. The molecule has 1 unspecified atom stereocenters. The molecule has 0 saturated heterocycles. The molecule has 6 nitrogen and oxygen atoms in total. The zero-order valence-corrected chi connectivity index (χ0v) is 20.8. The standard InChI is InChI=1S/C27H24Cl2N2O4/c1-16-15-31(26(33)20-7-4-3-6-19(16)20)18-12-10-17(11-13-18)14-23(27(34)35-2)30-25(32)24-21(28)8-5-9-22(24)29/h3-13,16,23H,14-15H2,1-2H3,(H,30,32)/t16?,23-/m0/s1. The fourth-order valence-electron chi connectivity index (χ4n) is 4.27. The number of anilines is 1. The molecule has 0 saturated carbocycles. The molecule has 0 aromatic heterocycles. The number of nitrogens with one attached hydrogen (secondary N) is 1. The van der Waals surface area contributed by atoms with E-state index in [1.54, 1.807) is 23.1 Å². The van der Waals surface area contributed by atoms with Crippen LogP contribution in [0.5, 0.6) is 0 Å². The number of fused-ring (bicyclic) bond motifs is 1. The van der Waals surface area contributed by atoms with E-state index in [-0.39, 0.29) is 33.9 Å². The van der Waals surface area contributed by atoms with Crippen molar-refractivity contribution in [1.82, 2.24) is 5.32 Å². The van der Waals surface area contributed by atoms with Gasteiger partial charge in [-0.25, -0.2) is 4.79 Å². The molecule has 8 heteroatoms. The molecule has 1 aliphatic heterocycles. The first-order valence-electron chi connectivity index (χ1n) is 11.1. The molecule has 2 amide bonds. The van der Waals surface area contributed by atoms with Crippen molar-refractivity contribution in [1.29, 1.82) is 0 Å². The van der Waals surface area contributed by atoms with Gasteiger partial charge in [-0.15, -0.1) is 0 Å². The Balaban J connectivity index is 1.51. The summed E-state index contributed by atoms with van der Waals surface area (Å²) in [5.41, 5.74) is 3.41. The minimum Gasteiger partial charge on any atom is -0.467 e. The lowest BCUT2D eigenvalue weighted by molar-refractivity contribution is -0.142. The van der Waals surface area contributed by atoms with Crippen molar-refractivity contribution in [2.75, 3.05) is 18.6 Å². The Hall–Kier alpha value is -3.35. The normalized spacial score (nSPS) is 15.8. The summed E-state index contributed by atoms with van der Waals surface area (Å²) in [7, 11) is 1.26. The molecule has 3 aromatic carbocycles. The molecular weight excluding hydrogens is 487 g/mol. The van der Waals surface area contributed by atoms with E-state index in [1.807, 2.05) is 48.5 Å². The SMILES string of the molecule is COC(=O)[C@H](Cc1ccc(N2CC(C)c3ccccc3C2=O)cc1)NC(=O)c1c(Cl)cccc1Cl. The summed E-state index contributed by atoms with van der Waals surface area (Å²) < 4.78 is 4.89. The third-order valence-corrected chi connectivity index (χ3v) is 6.72. The van der Waals surface area contributed by atoms with Gasteiger partial charge in [0.25, 0.3) is 11.8 Å². The summed E-state index contributed by atoms with van der Waals surface area (Å²) in [4.78, 5) is 40.0. The van der Waals surface area contributed by atoms with Crippen LogP contribution in [0.2, 0.25) is 10.0 Å². The molecule has 0 aliphatic carbocycles. The van der Waals surface area contributed by atoms with E-state index in [1.165, 1.54) is 7.11 Å². The summed E-state index contributed by atoms with van der Waals surface area (Å²) in [5, 5.41) is 3.04. The van der Waals surface area contributed by atoms with Crippen LogP contribution in [0.25, 0.3) is 0 Å². The largest absolute Gasteiger partial charge is 0.467 e. The van der Waals surface area contributed by atoms with Gasteiger partial charge in [-0.05, 0) is 47.4 Å². The monoisotopic (exact) mass is 510 g/mol. The molecule has 35 heavy (non-hydrogen) atoms. The molecule has 1 aliphatic rings. The maximum Gasteiger partial charge on any atom is 0.328 e. The van der Waals surface area contributed by atoms with Gasteiger partial charge < -0.3 is 15.0 Å². The van der Waals surface area contributed by atoms with Crippen LogP contribution in [0.15, 0.2) is 66.7 Å². The number of nitrogens with zero attached hydrogens (tertiary/aromatic N) is 1. The number of amides is 2. The minimum absolute atomic E-state index is 0.0391. The van der Waals surface area contributed by atoms with Crippen LogP contribution in [0.1, 0.15) is 44.7 Å². The number of ether oxygens (including phenoxy) is 1. The van der Waals surface area contributed by atoms with Gasteiger partial charge in [-0.2, -0.15) is 0 Å². The van der Waals surface area contributed by atoms with Crippen LogP contribution in [0.4, 0.5) is 5.69 Å². The van der Waals surface area contributed by atoms with Crippen molar-refractivity contribution in [3.8, 4) is 0 Å². The van der Waals surface area contributed by atoms with Crippen molar-refractivity contribution < 1.29 is 19.1 Å². The van der Waals surface area contributed by atoms with E-state index in [4.69, 9.17) is 27.9 Å². The third-order valence-electron chi connectivity index (χ3n) is 6.09. The Bertz CT molecular complexity index is 1260. The van der Waals surface area contributed by atoms with Crippen molar-refractivity contribution >= 4 is 46.7 Å². The molecule has 4 rings (SSSR count). The zero-order chi connectivity index (χ0) is 25.1. The zero-order valence-electron chi connectivity index (χ0n) is 19.3. The second-order valence-corrected chi connectivity index (χ2v) is 9.23. The van der Waals surface area contributed by atoms with Gasteiger partial charge in [0, 0.05) is 24.2 Å². The van der Waals surface area contributed by atoms with Gasteiger partial charge in [-0.3, -0.25) is 9.59 Å². The van der Waals surface area contributed by atoms with E-state index in [9.17, 15) is 14.4 Å². The molecule has 0 spiro atoms. The van der Waals surface area contributed by atoms with Crippen LogP contribution >= 0.6 is 23.2 Å². The predicted molar refractivity (Wildman–Crippen MR) is 136 cm³/mol. The Labute approximate surface area is 213 Å². The van der Waals surface area contributed by atoms with Crippen molar-refractivity contribution in [3.63, 3.8) is 0 Å². The summed E-state index contributed by atoms with van der Waals surface area (Å²) >= 11 is 12.3. The van der Waals surface area contributed by atoms with E-state index in [2.05, 4.69) is 12.2 Å². The fourth-order valence-corrected chi connectivity index (χ4v) is 4.84. The highest BCUT2D eigenvalue weighted by atomic mass is 35.5. The second-order valence-electron chi connectivity index (χ2n) is 8.42.